The highest BCUT2D eigenvalue weighted by Gasteiger charge is 2.24. The highest BCUT2D eigenvalue weighted by Crippen LogP contribution is 2.35. The van der Waals surface area contributed by atoms with E-state index in [0.29, 0.717) is 29.4 Å². The number of rotatable bonds is 5. The molecule has 1 aliphatic rings. The number of nitrogens with zero attached hydrogens (tertiary/aromatic N) is 1. The molecule has 19 heavy (non-hydrogen) atoms. The van der Waals surface area contributed by atoms with E-state index >= 15 is 0 Å². The molecule has 0 N–H and O–H groups in total. The Morgan fingerprint density at radius 2 is 2.16 bits per heavy atom. The Morgan fingerprint density at radius 3 is 2.84 bits per heavy atom. The first-order chi connectivity index (χ1) is 9.15. The quantitative estimate of drug-likeness (QED) is 0.815. The lowest BCUT2D eigenvalue weighted by molar-refractivity contribution is -0.120. The molecule has 4 nitrogen and oxygen atoms in total. The fourth-order valence-electron chi connectivity index (χ4n) is 2.03. The number of hydrogen-bond donors (Lipinski definition) is 0. The van der Waals surface area contributed by atoms with Gasteiger partial charge in [-0.3, -0.25) is 4.79 Å². The van der Waals surface area contributed by atoms with Gasteiger partial charge in [0.2, 0.25) is 6.79 Å². The third-order valence-corrected chi connectivity index (χ3v) is 3.43. The van der Waals surface area contributed by atoms with Crippen LogP contribution in [0, 0.1) is 17.2 Å². The Morgan fingerprint density at radius 1 is 1.42 bits per heavy atom. The topological polar surface area (TPSA) is 59.3 Å². The summed E-state index contributed by atoms with van der Waals surface area (Å²) in [7, 11) is 0. The van der Waals surface area contributed by atoms with Crippen LogP contribution in [0.3, 0.4) is 0 Å². The smallest absolute Gasteiger partial charge is 0.231 e. The van der Waals surface area contributed by atoms with Crippen LogP contribution in [0.5, 0.6) is 11.5 Å². The molecule has 0 spiro atoms. The first-order valence-electron chi connectivity index (χ1n) is 6.47. The van der Waals surface area contributed by atoms with Gasteiger partial charge in [-0.25, -0.2) is 0 Å². The monoisotopic (exact) mass is 259 g/mol. The van der Waals surface area contributed by atoms with Crippen LogP contribution in [0.4, 0.5) is 0 Å². The van der Waals surface area contributed by atoms with Gasteiger partial charge in [0, 0.05) is 6.42 Å². The van der Waals surface area contributed by atoms with Gasteiger partial charge in [-0.1, -0.05) is 26.3 Å². The van der Waals surface area contributed by atoms with E-state index < -0.39 is 5.92 Å². The van der Waals surface area contributed by atoms with E-state index in [2.05, 4.69) is 6.07 Å². The molecule has 0 fully saturated rings. The van der Waals surface area contributed by atoms with Crippen LogP contribution in [-0.4, -0.2) is 12.6 Å². The maximum atomic E-state index is 12.1. The van der Waals surface area contributed by atoms with Gasteiger partial charge >= 0.3 is 0 Å². The molecule has 0 saturated heterocycles. The van der Waals surface area contributed by atoms with Crippen molar-refractivity contribution in [3.63, 3.8) is 0 Å². The van der Waals surface area contributed by atoms with Gasteiger partial charge in [-0.05, 0) is 23.6 Å². The minimum atomic E-state index is -0.719. The van der Waals surface area contributed by atoms with E-state index in [0.717, 1.165) is 6.42 Å². The lowest BCUT2D eigenvalue weighted by Crippen LogP contribution is -2.14. The first kappa shape index (κ1) is 13.4. The molecule has 0 amide bonds. The van der Waals surface area contributed by atoms with Gasteiger partial charge < -0.3 is 9.47 Å². The third-order valence-electron chi connectivity index (χ3n) is 3.43. The predicted molar refractivity (Wildman–Crippen MR) is 70.0 cm³/mol. The lowest BCUT2D eigenvalue weighted by Gasteiger charge is -2.12. The molecule has 4 heteroatoms. The van der Waals surface area contributed by atoms with Crippen LogP contribution in [0.15, 0.2) is 18.2 Å². The van der Waals surface area contributed by atoms with E-state index in [9.17, 15) is 10.1 Å². The maximum absolute atomic E-state index is 12.1. The van der Waals surface area contributed by atoms with E-state index in [4.69, 9.17) is 9.47 Å². The highest BCUT2D eigenvalue weighted by molar-refractivity contribution is 5.88. The molecule has 0 saturated carbocycles. The number of carbonyl (C=O) groups excluding carboxylic acids is 1. The zero-order chi connectivity index (χ0) is 13.8. The van der Waals surface area contributed by atoms with Crippen molar-refractivity contribution in [2.45, 2.75) is 32.6 Å². The average Bonchev–Trinajstić information content (AvgIpc) is 2.86. The normalized spacial score (nSPS) is 15.6. The summed E-state index contributed by atoms with van der Waals surface area (Å²) >= 11 is 0. The van der Waals surface area contributed by atoms with Crippen LogP contribution in [0.25, 0.3) is 0 Å². The fraction of sp³-hybridized carbons (Fsp3) is 0.467. The molecule has 0 aliphatic carbocycles. The van der Waals surface area contributed by atoms with Gasteiger partial charge in [0.05, 0.1) is 6.07 Å². The predicted octanol–water partition coefficient (Wildman–Crippen LogP) is 3.03. The Hall–Kier alpha value is -2.02. The first-order valence-corrected chi connectivity index (χ1v) is 6.47. The summed E-state index contributed by atoms with van der Waals surface area (Å²) in [6.45, 7) is 4.25. The van der Waals surface area contributed by atoms with Crippen molar-refractivity contribution in [2.75, 3.05) is 6.79 Å². The van der Waals surface area contributed by atoms with E-state index in [-0.39, 0.29) is 12.6 Å². The molecule has 2 unspecified atom stereocenters. The van der Waals surface area contributed by atoms with Crippen LogP contribution < -0.4 is 9.47 Å². The molecule has 1 aliphatic heterocycles. The molecular formula is C15H17NO3. The summed E-state index contributed by atoms with van der Waals surface area (Å²) in [6, 6.07) is 7.33. The van der Waals surface area contributed by atoms with Crippen LogP contribution in [0.2, 0.25) is 0 Å². The van der Waals surface area contributed by atoms with Crippen molar-refractivity contribution in [1.82, 2.24) is 0 Å². The molecule has 2 rings (SSSR count). The molecular weight excluding hydrogens is 242 g/mol. The largest absolute Gasteiger partial charge is 0.454 e. The summed E-state index contributed by atoms with van der Waals surface area (Å²) < 4.78 is 10.5. The number of carbonyl (C=O) groups is 1. The fourth-order valence-corrected chi connectivity index (χ4v) is 2.03. The van der Waals surface area contributed by atoms with Crippen molar-refractivity contribution in [3.05, 3.63) is 23.8 Å². The standard InChI is InChI=1S/C15H17NO3/c1-3-10(2)6-13(17)12(8-16)11-4-5-14-15(7-11)19-9-18-14/h4-5,7,10,12H,3,6,9H2,1-2H3. The second-order valence-corrected chi connectivity index (χ2v) is 4.86. The second-order valence-electron chi connectivity index (χ2n) is 4.86. The summed E-state index contributed by atoms with van der Waals surface area (Å²) in [5, 5.41) is 9.24. The molecule has 1 aromatic rings. The van der Waals surface area contributed by atoms with Gasteiger partial charge in [0.15, 0.2) is 17.3 Å². The summed E-state index contributed by atoms with van der Waals surface area (Å²) in [5.41, 5.74) is 0.681. The molecule has 100 valence electrons. The average molecular weight is 259 g/mol. The number of ether oxygens (including phenoxy) is 2. The minimum Gasteiger partial charge on any atom is -0.454 e. The number of hydrogen-bond acceptors (Lipinski definition) is 4. The van der Waals surface area contributed by atoms with Gasteiger partial charge in [0.1, 0.15) is 5.92 Å². The van der Waals surface area contributed by atoms with Gasteiger partial charge in [-0.15, -0.1) is 0 Å². The molecule has 0 bridgehead atoms. The third kappa shape index (κ3) is 2.87. The summed E-state index contributed by atoms with van der Waals surface area (Å²) in [6.07, 6.45) is 1.37. The highest BCUT2D eigenvalue weighted by atomic mass is 16.7. The second kappa shape index (κ2) is 5.75. The Kier molecular flexibility index (Phi) is 4.06. The molecule has 1 heterocycles. The maximum Gasteiger partial charge on any atom is 0.231 e. The molecule has 0 aromatic heterocycles. The molecule has 0 radical (unpaired) electrons. The van der Waals surface area contributed by atoms with Crippen LogP contribution in [-0.2, 0) is 4.79 Å². The van der Waals surface area contributed by atoms with E-state index in [1.165, 1.54) is 0 Å². The number of nitriles is 1. The zero-order valence-corrected chi connectivity index (χ0v) is 11.2. The number of fused-ring (bicyclic) bond motifs is 1. The number of benzene rings is 1. The van der Waals surface area contributed by atoms with E-state index in [1.807, 2.05) is 13.8 Å². The van der Waals surface area contributed by atoms with Crippen LogP contribution in [0.1, 0.15) is 38.2 Å². The Balaban J connectivity index is 2.18. The van der Waals surface area contributed by atoms with Crippen molar-refractivity contribution in [1.29, 1.82) is 5.26 Å². The Bertz CT molecular complexity index is 519. The Labute approximate surface area is 112 Å². The number of ketones is 1. The summed E-state index contributed by atoms with van der Waals surface area (Å²) in [5.74, 6) is 0.820. The molecule has 1 aromatic carbocycles. The zero-order valence-electron chi connectivity index (χ0n) is 11.2. The minimum absolute atomic E-state index is 0.0317. The van der Waals surface area contributed by atoms with Gasteiger partial charge in [-0.2, -0.15) is 5.26 Å². The van der Waals surface area contributed by atoms with Crippen LogP contribution >= 0.6 is 0 Å². The SMILES string of the molecule is CCC(C)CC(=O)C(C#N)c1ccc2c(c1)OCO2. The van der Waals surface area contributed by atoms with Gasteiger partial charge in [0.25, 0.3) is 0 Å². The van der Waals surface area contributed by atoms with Crippen molar-refractivity contribution in [3.8, 4) is 17.6 Å². The van der Waals surface area contributed by atoms with Crippen molar-refractivity contribution < 1.29 is 14.3 Å². The lowest BCUT2D eigenvalue weighted by atomic mass is 9.89. The number of Topliss-reactive ketones (excluding diaryl/α,β-unsaturated/α-hetero) is 1. The van der Waals surface area contributed by atoms with Crippen molar-refractivity contribution >= 4 is 5.78 Å². The summed E-state index contributed by atoms with van der Waals surface area (Å²) in [4.78, 5) is 12.1. The van der Waals surface area contributed by atoms with E-state index in [1.54, 1.807) is 18.2 Å². The molecule has 2 atom stereocenters. The van der Waals surface area contributed by atoms with Crippen molar-refractivity contribution in [2.24, 2.45) is 5.92 Å².